The van der Waals surface area contributed by atoms with Gasteiger partial charge in [-0.2, -0.15) is 0 Å². The highest BCUT2D eigenvalue weighted by Crippen LogP contribution is 2.36. The van der Waals surface area contributed by atoms with Crippen LogP contribution >= 0.6 is 0 Å². The topological polar surface area (TPSA) is 27.1 Å². The van der Waals surface area contributed by atoms with Crippen molar-refractivity contribution in [2.45, 2.75) is 40.8 Å². The summed E-state index contributed by atoms with van der Waals surface area (Å²) in [6.45, 7) is 9.45. The van der Waals surface area contributed by atoms with Crippen LogP contribution in [0.4, 0.5) is 4.39 Å². The predicted octanol–water partition coefficient (Wildman–Crippen LogP) is 6.04. The average Bonchev–Trinajstić information content (AvgIpc) is 2.95. The molecule has 2 aromatic carbocycles. The Morgan fingerprint density at radius 2 is 1.55 bits per heavy atom. The quantitative estimate of drug-likeness (QED) is 0.417. The maximum absolute atomic E-state index is 13.2. The molecule has 0 radical (unpaired) electrons. The smallest absolute Gasteiger partial charge is 0.150 e. The second-order valence-corrected chi connectivity index (χ2v) is 7.55. The number of hydrogen-bond acceptors (Lipinski definition) is 2. The first-order valence-corrected chi connectivity index (χ1v) is 9.83. The summed E-state index contributed by atoms with van der Waals surface area (Å²) in [5.41, 5.74) is 8.53. The van der Waals surface area contributed by atoms with Gasteiger partial charge in [-0.05, 0) is 56.5 Å². The minimum atomic E-state index is -0.241. The Kier molecular flexibility index (Phi) is 5.10. The van der Waals surface area contributed by atoms with Crippen molar-refractivity contribution >= 4 is 11.0 Å². The Labute approximate surface area is 170 Å². The Morgan fingerprint density at radius 1 is 0.862 bits per heavy atom. The van der Waals surface area contributed by atoms with E-state index in [1.54, 1.807) is 12.1 Å². The zero-order chi connectivity index (χ0) is 20.5. The molecule has 3 nitrogen and oxygen atoms in total. The van der Waals surface area contributed by atoms with Crippen molar-refractivity contribution in [3.63, 3.8) is 0 Å². The van der Waals surface area contributed by atoms with Crippen LogP contribution in [0.15, 0.2) is 54.6 Å². The zero-order valence-corrected chi connectivity index (χ0v) is 17.3. The monoisotopic (exact) mass is 388 g/mol. The Balaban J connectivity index is 1.82. The van der Waals surface area contributed by atoms with Gasteiger partial charge in [0, 0.05) is 23.5 Å². The van der Waals surface area contributed by atoms with Gasteiger partial charge in [0.25, 0.3) is 0 Å². The lowest BCUT2D eigenvalue weighted by Crippen LogP contribution is -2.06. The second kappa shape index (κ2) is 7.70. The van der Waals surface area contributed by atoms with E-state index >= 15 is 0 Å². The van der Waals surface area contributed by atoms with Gasteiger partial charge in [0.15, 0.2) is 0 Å². The minimum absolute atomic E-state index is 0.241. The van der Waals surface area contributed by atoms with E-state index in [1.165, 1.54) is 29.0 Å². The van der Waals surface area contributed by atoms with Crippen LogP contribution in [-0.4, -0.2) is 9.55 Å². The van der Waals surface area contributed by atoms with Gasteiger partial charge >= 0.3 is 0 Å². The van der Waals surface area contributed by atoms with Crippen LogP contribution in [0.1, 0.15) is 33.6 Å². The minimum Gasteiger partial charge on any atom is -0.486 e. The summed E-state index contributed by atoms with van der Waals surface area (Å²) < 4.78 is 21.8. The molecule has 0 atom stereocenters. The lowest BCUT2D eigenvalue weighted by molar-refractivity contribution is 0.306. The third kappa shape index (κ3) is 3.63. The maximum Gasteiger partial charge on any atom is 0.150 e. The Hall–Kier alpha value is -3.14. The van der Waals surface area contributed by atoms with Crippen molar-refractivity contribution in [3.8, 4) is 5.75 Å². The normalized spacial score (nSPS) is 11.2. The highest BCUT2D eigenvalue weighted by molar-refractivity contribution is 5.88. The molecule has 29 heavy (non-hydrogen) atoms. The van der Waals surface area contributed by atoms with Gasteiger partial charge in [0.05, 0.1) is 5.52 Å². The first-order valence-electron chi connectivity index (χ1n) is 9.83. The molecule has 0 unspecified atom stereocenters. The number of aromatic nitrogens is 2. The van der Waals surface area contributed by atoms with Gasteiger partial charge in [-0.1, -0.05) is 42.5 Å². The van der Waals surface area contributed by atoms with Gasteiger partial charge < -0.3 is 9.30 Å². The van der Waals surface area contributed by atoms with Crippen LogP contribution in [0.5, 0.6) is 5.75 Å². The van der Waals surface area contributed by atoms with Gasteiger partial charge in [-0.15, -0.1) is 0 Å². The molecule has 0 spiro atoms. The van der Waals surface area contributed by atoms with Gasteiger partial charge in [-0.3, -0.25) is 4.98 Å². The van der Waals surface area contributed by atoms with Crippen LogP contribution in [0.2, 0.25) is 0 Å². The van der Waals surface area contributed by atoms with Crippen LogP contribution in [0.3, 0.4) is 0 Å². The van der Waals surface area contributed by atoms with E-state index in [9.17, 15) is 4.39 Å². The van der Waals surface area contributed by atoms with Crippen molar-refractivity contribution in [1.82, 2.24) is 9.55 Å². The summed E-state index contributed by atoms with van der Waals surface area (Å²) in [5, 5.41) is 0. The van der Waals surface area contributed by atoms with E-state index in [0.29, 0.717) is 6.61 Å². The second-order valence-electron chi connectivity index (χ2n) is 7.55. The molecule has 4 aromatic rings. The van der Waals surface area contributed by atoms with Gasteiger partial charge in [0.1, 0.15) is 23.7 Å². The SMILES string of the molecule is Cc1nc2c(C)c(C)n(Cc3ccccc3)c2c(OCc2ccc(F)cc2)c1C. The molecule has 4 rings (SSSR count). The van der Waals surface area contributed by atoms with Gasteiger partial charge in [-0.25, -0.2) is 4.39 Å². The molecule has 0 aliphatic carbocycles. The molecule has 0 bridgehead atoms. The van der Waals surface area contributed by atoms with Crippen molar-refractivity contribution in [1.29, 1.82) is 0 Å². The van der Waals surface area contributed by atoms with Crippen molar-refractivity contribution in [2.75, 3.05) is 0 Å². The highest BCUT2D eigenvalue weighted by atomic mass is 19.1. The van der Waals surface area contributed by atoms with E-state index in [4.69, 9.17) is 9.72 Å². The summed E-state index contributed by atoms with van der Waals surface area (Å²) in [6, 6.07) is 16.9. The zero-order valence-electron chi connectivity index (χ0n) is 17.3. The van der Waals surface area contributed by atoms with Crippen molar-refractivity contribution in [2.24, 2.45) is 0 Å². The molecule has 0 aliphatic rings. The number of benzene rings is 2. The highest BCUT2D eigenvalue weighted by Gasteiger charge is 2.20. The number of nitrogens with zero attached hydrogens (tertiary/aromatic N) is 2. The average molecular weight is 388 g/mol. The maximum atomic E-state index is 13.2. The Morgan fingerprint density at radius 3 is 2.24 bits per heavy atom. The Bertz CT molecular complexity index is 1160. The third-order valence-electron chi connectivity index (χ3n) is 5.65. The predicted molar refractivity (Wildman–Crippen MR) is 115 cm³/mol. The van der Waals surface area contributed by atoms with E-state index in [1.807, 2.05) is 19.9 Å². The van der Waals surface area contributed by atoms with E-state index in [0.717, 1.165) is 40.1 Å². The van der Waals surface area contributed by atoms with Crippen molar-refractivity contribution in [3.05, 3.63) is 94.1 Å². The molecule has 0 fully saturated rings. The van der Waals surface area contributed by atoms with Crippen molar-refractivity contribution < 1.29 is 9.13 Å². The summed E-state index contributed by atoms with van der Waals surface area (Å²) in [4.78, 5) is 4.87. The molecule has 0 N–H and O–H groups in total. The van der Waals surface area contributed by atoms with Crippen LogP contribution in [-0.2, 0) is 13.2 Å². The summed E-state index contributed by atoms with van der Waals surface area (Å²) in [5.74, 6) is 0.610. The molecule has 2 heterocycles. The number of fused-ring (bicyclic) bond motifs is 1. The number of rotatable bonds is 5. The lowest BCUT2D eigenvalue weighted by atomic mass is 10.1. The molecule has 0 amide bonds. The number of ether oxygens (including phenoxy) is 1. The first kappa shape index (κ1) is 19.2. The summed E-state index contributed by atoms with van der Waals surface area (Å²) >= 11 is 0. The summed E-state index contributed by atoms with van der Waals surface area (Å²) in [6.07, 6.45) is 0. The molecule has 0 aliphatic heterocycles. The molecule has 2 aromatic heterocycles. The number of pyridine rings is 1. The molecular weight excluding hydrogens is 363 g/mol. The molecule has 148 valence electrons. The third-order valence-corrected chi connectivity index (χ3v) is 5.65. The molecular formula is C25H25FN2O. The standard InChI is InChI=1S/C25H25FN2O/c1-16-18(3)27-23-17(2)19(4)28(14-20-8-6-5-7-9-20)24(23)25(16)29-15-21-10-12-22(26)13-11-21/h5-13H,14-15H2,1-4H3. The number of aryl methyl sites for hydroxylation is 2. The van der Waals surface area contributed by atoms with E-state index in [2.05, 4.69) is 42.7 Å². The molecule has 0 saturated heterocycles. The largest absolute Gasteiger partial charge is 0.486 e. The fourth-order valence-electron chi connectivity index (χ4n) is 3.68. The fourth-order valence-corrected chi connectivity index (χ4v) is 3.68. The van der Waals surface area contributed by atoms with Crippen LogP contribution in [0.25, 0.3) is 11.0 Å². The number of halogens is 1. The van der Waals surface area contributed by atoms with Gasteiger partial charge in [0.2, 0.25) is 0 Å². The summed E-state index contributed by atoms with van der Waals surface area (Å²) in [7, 11) is 0. The first-order chi connectivity index (χ1) is 14.0. The molecule has 4 heteroatoms. The van der Waals surface area contributed by atoms with E-state index < -0.39 is 0 Å². The molecule has 0 saturated carbocycles. The fraction of sp³-hybridized carbons (Fsp3) is 0.240. The van der Waals surface area contributed by atoms with Crippen LogP contribution in [0, 0.1) is 33.5 Å². The lowest BCUT2D eigenvalue weighted by Gasteiger charge is -2.16. The number of hydrogen-bond donors (Lipinski definition) is 0. The van der Waals surface area contributed by atoms with Crippen LogP contribution < -0.4 is 4.74 Å². The van der Waals surface area contributed by atoms with E-state index in [-0.39, 0.29) is 5.82 Å².